The Hall–Kier alpha value is -3.55. The van der Waals surface area contributed by atoms with Crippen LogP contribution in [-0.4, -0.2) is 53.9 Å². The normalized spacial score (nSPS) is 16.8. The number of nitrogens with one attached hydrogen (secondary N) is 1. The van der Waals surface area contributed by atoms with E-state index in [0.29, 0.717) is 31.4 Å². The summed E-state index contributed by atoms with van der Waals surface area (Å²) in [4.78, 5) is 21.5. The SMILES string of the molecule is CCOc1ccc(NC(=O)N2CCN(c3ccc(-c4noc(C5CCCCC5)n4)cc3)CC2)cc1. The average Bonchev–Trinajstić information content (AvgIpc) is 3.41. The number of ether oxygens (including phenoxy) is 1. The number of aromatic nitrogens is 2. The van der Waals surface area contributed by atoms with Crippen LogP contribution in [0.5, 0.6) is 5.75 Å². The first-order valence-electron chi connectivity index (χ1n) is 12.7. The van der Waals surface area contributed by atoms with Gasteiger partial charge in [-0.05, 0) is 68.3 Å². The van der Waals surface area contributed by atoms with Crippen LogP contribution in [-0.2, 0) is 0 Å². The number of rotatable bonds is 6. The third-order valence-corrected chi connectivity index (χ3v) is 6.87. The highest BCUT2D eigenvalue weighted by atomic mass is 16.5. The number of amides is 2. The highest BCUT2D eigenvalue weighted by Crippen LogP contribution is 2.32. The van der Waals surface area contributed by atoms with E-state index in [2.05, 4.69) is 44.6 Å². The smallest absolute Gasteiger partial charge is 0.321 e. The number of hydrogen-bond acceptors (Lipinski definition) is 6. The Kier molecular flexibility index (Phi) is 7.16. The van der Waals surface area contributed by atoms with E-state index in [1.54, 1.807) is 0 Å². The van der Waals surface area contributed by atoms with Gasteiger partial charge in [0.2, 0.25) is 11.7 Å². The summed E-state index contributed by atoms with van der Waals surface area (Å²) in [6.45, 7) is 5.47. The molecule has 1 aliphatic carbocycles. The zero-order chi connectivity index (χ0) is 24.0. The van der Waals surface area contributed by atoms with Crippen LogP contribution in [0.25, 0.3) is 11.4 Å². The Morgan fingerprint density at radius 3 is 2.40 bits per heavy atom. The number of piperazine rings is 1. The predicted molar refractivity (Wildman–Crippen MR) is 136 cm³/mol. The largest absolute Gasteiger partial charge is 0.494 e. The van der Waals surface area contributed by atoms with Gasteiger partial charge >= 0.3 is 6.03 Å². The summed E-state index contributed by atoms with van der Waals surface area (Å²) in [6.07, 6.45) is 6.08. The molecule has 2 fully saturated rings. The summed E-state index contributed by atoms with van der Waals surface area (Å²) in [6, 6.07) is 15.7. The van der Waals surface area contributed by atoms with Gasteiger partial charge in [0.1, 0.15) is 5.75 Å². The minimum atomic E-state index is -0.0740. The van der Waals surface area contributed by atoms with Crippen LogP contribution in [0.1, 0.15) is 50.8 Å². The van der Waals surface area contributed by atoms with Crippen LogP contribution >= 0.6 is 0 Å². The number of nitrogens with zero attached hydrogens (tertiary/aromatic N) is 4. The first-order valence-corrected chi connectivity index (χ1v) is 12.7. The maximum atomic E-state index is 12.7. The molecule has 3 aromatic rings. The number of carbonyl (C=O) groups is 1. The van der Waals surface area contributed by atoms with E-state index in [-0.39, 0.29) is 6.03 Å². The van der Waals surface area contributed by atoms with Crippen molar-refractivity contribution in [1.29, 1.82) is 0 Å². The minimum Gasteiger partial charge on any atom is -0.494 e. The minimum absolute atomic E-state index is 0.0740. The van der Waals surface area contributed by atoms with Crippen LogP contribution in [0.15, 0.2) is 53.1 Å². The number of benzene rings is 2. The third-order valence-electron chi connectivity index (χ3n) is 6.87. The van der Waals surface area contributed by atoms with E-state index in [9.17, 15) is 4.79 Å². The quantitative estimate of drug-likeness (QED) is 0.504. The molecule has 8 heteroatoms. The van der Waals surface area contributed by atoms with Crippen molar-refractivity contribution in [2.24, 2.45) is 0 Å². The first kappa shape index (κ1) is 23.2. The zero-order valence-electron chi connectivity index (χ0n) is 20.3. The second-order valence-corrected chi connectivity index (χ2v) is 9.20. The van der Waals surface area contributed by atoms with Crippen molar-refractivity contribution >= 4 is 17.4 Å². The molecule has 8 nitrogen and oxygen atoms in total. The van der Waals surface area contributed by atoms with Crippen molar-refractivity contribution in [2.45, 2.75) is 44.9 Å². The van der Waals surface area contributed by atoms with Crippen molar-refractivity contribution in [1.82, 2.24) is 15.0 Å². The molecule has 1 aromatic heterocycles. The number of carbonyl (C=O) groups excluding carboxylic acids is 1. The fourth-order valence-corrected chi connectivity index (χ4v) is 4.86. The maximum absolute atomic E-state index is 12.7. The molecule has 2 aliphatic rings. The second-order valence-electron chi connectivity index (χ2n) is 9.20. The van der Waals surface area contributed by atoms with E-state index < -0.39 is 0 Å². The second kappa shape index (κ2) is 10.8. The molecule has 2 amide bonds. The van der Waals surface area contributed by atoms with Gasteiger partial charge in [-0.25, -0.2) is 4.79 Å². The summed E-state index contributed by atoms with van der Waals surface area (Å²) in [5.74, 6) is 2.65. The van der Waals surface area contributed by atoms with Gasteiger partial charge in [0.25, 0.3) is 0 Å². The van der Waals surface area contributed by atoms with E-state index >= 15 is 0 Å². The molecule has 35 heavy (non-hydrogen) atoms. The standard InChI is InChI=1S/C27H33N5O3/c1-2-34-24-14-10-22(11-15-24)28-27(33)32-18-16-31(17-19-32)23-12-8-20(9-13-23)25-29-26(35-30-25)21-6-4-3-5-7-21/h8-15,21H,2-7,16-19H2,1H3,(H,28,33). The number of urea groups is 1. The molecule has 1 N–H and O–H groups in total. The van der Waals surface area contributed by atoms with E-state index in [1.165, 1.54) is 19.3 Å². The Labute approximate surface area is 206 Å². The molecule has 0 bridgehead atoms. The molecule has 0 atom stereocenters. The molecule has 5 rings (SSSR count). The lowest BCUT2D eigenvalue weighted by Gasteiger charge is -2.36. The molecule has 1 saturated heterocycles. The van der Waals surface area contributed by atoms with Crippen LogP contribution in [0, 0.1) is 0 Å². The predicted octanol–water partition coefficient (Wildman–Crippen LogP) is 5.54. The van der Waals surface area contributed by atoms with Gasteiger partial charge in [-0.15, -0.1) is 0 Å². The number of anilines is 2. The molecule has 0 spiro atoms. The summed E-state index contributed by atoms with van der Waals surface area (Å²) >= 11 is 0. The van der Waals surface area contributed by atoms with Gasteiger partial charge in [0.15, 0.2) is 0 Å². The summed E-state index contributed by atoms with van der Waals surface area (Å²) in [5, 5.41) is 7.20. The molecule has 2 aromatic carbocycles. The highest BCUT2D eigenvalue weighted by Gasteiger charge is 2.23. The van der Waals surface area contributed by atoms with Crippen molar-refractivity contribution in [3.05, 3.63) is 54.4 Å². The van der Waals surface area contributed by atoms with Gasteiger partial charge in [-0.1, -0.05) is 24.4 Å². The summed E-state index contributed by atoms with van der Waals surface area (Å²) in [5.41, 5.74) is 2.87. The summed E-state index contributed by atoms with van der Waals surface area (Å²) in [7, 11) is 0. The van der Waals surface area contributed by atoms with Crippen molar-refractivity contribution in [3.8, 4) is 17.1 Å². The van der Waals surface area contributed by atoms with Crippen LogP contribution < -0.4 is 15.0 Å². The number of hydrogen-bond donors (Lipinski definition) is 1. The Morgan fingerprint density at radius 2 is 1.71 bits per heavy atom. The molecule has 2 heterocycles. The molecule has 0 unspecified atom stereocenters. The first-order chi connectivity index (χ1) is 17.2. The van der Waals surface area contributed by atoms with Crippen molar-refractivity contribution in [2.75, 3.05) is 43.0 Å². The van der Waals surface area contributed by atoms with Crippen LogP contribution in [0.4, 0.5) is 16.2 Å². The van der Waals surface area contributed by atoms with E-state index in [0.717, 1.165) is 54.5 Å². The molecule has 1 saturated carbocycles. The lowest BCUT2D eigenvalue weighted by Crippen LogP contribution is -2.50. The topological polar surface area (TPSA) is 83.7 Å². The lowest BCUT2D eigenvalue weighted by molar-refractivity contribution is 0.208. The summed E-state index contributed by atoms with van der Waals surface area (Å²) < 4.78 is 11.0. The van der Waals surface area contributed by atoms with Crippen LogP contribution in [0.2, 0.25) is 0 Å². The van der Waals surface area contributed by atoms with Gasteiger partial charge in [-0.2, -0.15) is 4.98 Å². The zero-order valence-corrected chi connectivity index (χ0v) is 20.3. The fraction of sp³-hybridized carbons (Fsp3) is 0.444. The Balaban J connectivity index is 1.13. The third kappa shape index (κ3) is 5.58. The van der Waals surface area contributed by atoms with Gasteiger partial charge in [0, 0.05) is 49.0 Å². The average molecular weight is 476 g/mol. The molecular weight excluding hydrogens is 442 g/mol. The Morgan fingerprint density at radius 1 is 1.00 bits per heavy atom. The Bertz CT molecular complexity index is 1100. The maximum Gasteiger partial charge on any atom is 0.321 e. The molecule has 184 valence electrons. The van der Waals surface area contributed by atoms with E-state index in [4.69, 9.17) is 9.26 Å². The van der Waals surface area contributed by atoms with Crippen molar-refractivity contribution in [3.63, 3.8) is 0 Å². The van der Waals surface area contributed by atoms with Gasteiger partial charge < -0.3 is 24.4 Å². The molecular formula is C27H33N5O3. The monoisotopic (exact) mass is 475 g/mol. The van der Waals surface area contributed by atoms with Gasteiger partial charge in [-0.3, -0.25) is 0 Å². The highest BCUT2D eigenvalue weighted by molar-refractivity contribution is 5.89. The van der Waals surface area contributed by atoms with Crippen molar-refractivity contribution < 1.29 is 14.1 Å². The molecule has 0 radical (unpaired) electrons. The van der Waals surface area contributed by atoms with Gasteiger partial charge in [0.05, 0.1) is 6.61 Å². The van der Waals surface area contributed by atoms with Crippen LogP contribution in [0.3, 0.4) is 0 Å². The fourth-order valence-electron chi connectivity index (χ4n) is 4.86. The van der Waals surface area contributed by atoms with E-state index in [1.807, 2.05) is 36.1 Å². The lowest BCUT2D eigenvalue weighted by atomic mass is 9.89. The molecule has 1 aliphatic heterocycles.